The number of aromatic amines is 1. The quantitative estimate of drug-likeness (QED) is 0.706. The van der Waals surface area contributed by atoms with Crippen LogP contribution in [0.1, 0.15) is 29.8 Å². The van der Waals surface area contributed by atoms with Crippen molar-refractivity contribution in [2.24, 2.45) is 5.92 Å². The summed E-state index contributed by atoms with van der Waals surface area (Å²) < 4.78 is 16.9. The molecule has 0 bridgehead atoms. The highest BCUT2D eigenvalue weighted by Gasteiger charge is 2.26. The Balaban J connectivity index is 1.68. The Hall–Kier alpha value is -3.10. The first-order valence-electron chi connectivity index (χ1n) is 8.02. The molecule has 4 rings (SSSR count). The van der Waals surface area contributed by atoms with Gasteiger partial charge in [-0.05, 0) is 42.2 Å². The van der Waals surface area contributed by atoms with Crippen LogP contribution in [0.2, 0.25) is 0 Å². The number of nitrogens with zero attached hydrogens (tertiary/aromatic N) is 3. The molecule has 0 unspecified atom stereocenters. The number of hydrogen-bond donors (Lipinski definition) is 2. The fraction of sp³-hybridized carbons (Fsp3) is 0.375. The lowest BCUT2D eigenvalue weighted by Crippen LogP contribution is -2.20. The number of rotatable bonds is 6. The summed E-state index contributed by atoms with van der Waals surface area (Å²) in [6.45, 7) is 0.550. The molecule has 25 heavy (non-hydrogen) atoms. The van der Waals surface area contributed by atoms with Crippen molar-refractivity contribution in [1.29, 1.82) is 0 Å². The standard InChI is InChI=1S/C16H17N5O4/c1-23-10-5-6-12-11(7-10)13(24-8-9-3-2-4-9)14(25-12)15(22)17-16-18-20-21-19-16/h5-7,9H,2-4,8H2,1H3,(H2,17,18,19,20,21,22). The molecule has 0 saturated heterocycles. The molecule has 2 aromatic heterocycles. The maximum absolute atomic E-state index is 12.5. The molecule has 2 N–H and O–H groups in total. The van der Waals surface area contributed by atoms with Crippen LogP contribution < -0.4 is 14.8 Å². The summed E-state index contributed by atoms with van der Waals surface area (Å²) in [6, 6.07) is 5.30. The molecule has 0 atom stereocenters. The minimum absolute atomic E-state index is 0.0629. The summed E-state index contributed by atoms with van der Waals surface area (Å²) in [5.41, 5.74) is 0.544. The fourth-order valence-electron chi connectivity index (χ4n) is 2.71. The number of tetrazole rings is 1. The van der Waals surface area contributed by atoms with Gasteiger partial charge in [0, 0.05) is 0 Å². The van der Waals surface area contributed by atoms with Gasteiger partial charge < -0.3 is 13.9 Å². The monoisotopic (exact) mass is 343 g/mol. The van der Waals surface area contributed by atoms with Gasteiger partial charge in [-0.25, -0.2) is 0 Å². The van der Waals surface area contributed by atoms with Crippen LogP contribution in [-0.4, -0.2) is 40.2 Å². The zero-order chi connectivity index (χ0) is 17.2. The van der Waals surface area contributed by atoms with Crippen molar-refractivity contribution in [1.82, 2.24) is 20.6 Å². The van der Waals surface area contributed by atoms with Gasteiger partial charge in [-0.3, -0.25) is 10.1 Å². The van der Waals surface area contributed by atoms with Gasteiger partial charge in [0.15, 0.2) is 5.75 Å². The third kappa shape index (κ3) is 3.00. The molecule has 3 aromatic rings. The van der Waals surface area contributed by atoms with E-state index in [-0.39, 0.29) is 11.7 Å². The van der Waals surface area contributed by atoms with Crippen LogP contribution in [0.15, 0.2) is 22.6 Å². The van der Waals surface area contributed by atoms with Gasteiger partial charge in [-0.1, -0.05) is 11.5 Å². The molecular weight excluding hydrogens is 326 g/mol. The molecule has 1 aliphatic rings. The van der Waals surface area contributed by atoms with Gasteiger partial charge >= 0.3 is 0 Å². The highest BCUT2D eigenvalue weighted by molar-refractivity contribution is 6.07. The van der Waals surface area contributed by atoms with Crippen LogP contribution in [0.25, 0.3) is 11.0 Å². The molecule has 1 amide bonds. The Bertz CT molecular complexity index is 885. The summed E-state index contributed by atoms with van der Waals surface area (Å²) in [5, 5.41) is 16.3. The van der Waals surface area contributed by atoms with E-state index >= 15 is 0 Å². The molecular formula is C16H17N5O4. The molecule has 9 nitrogen and oxygen atoms in total. The van der Waals surface area contributed by atoms with E-state index in [9.17, 15) is 4.79 Å². The van der Waals surface area contributed by atoms with E-state index in [1.807, 2.05) is 0 Å². The molecule has 0 radical (unpaired) electrons. The molecule has 9 heteroatoms. The predicted octanol–water partition coefficient (Wildman–Crippen LogP) is 2.39. The average molecular weight is 343 g/mol. The van der Waals surface area contributed by atoms with Crippen LogP contribution in [0.3, 0.4) is 0 Å². The molecule has 1 fully saturated rings. The lowest BCUT2D eigenvalue weighted by molar-refractivity contribution is 0.0988. The summed E-state index contributed by atoms with van der Waals surface area (Å²) >= 11 is 0. The maximum atomic E-state index is 12.5. The summed E-state index contributed by atoms with van der Waals surface area (Å²) in [7, 11) is 1.58. The Morgan fingerprint density at radius 1 is 1.44 bits per heavy atom. The summed E-state index contributed by atoms with van der Waals surface area (Å²) in [4.78, 5) is 12.5. The highest BCUT2D eigenvalue weighted by Crippen LogP contribution is 2.37. The van der Waals surface area contributed by atoms with Crippen LogP contribution >= 0.6 is 0 Å². The Morgan fingerprint density at radius 2 is 2.32 bits per heavy atom. The summed E-state index contributed by atoms with van der Waals surface area (Å²) in [5.74, 6) is 1.22. The van der Waals surface area contributed by atoms with Crippen LogP contribution in [0, 0.1) is 5.92 Å². The lowest BCUT2D eigenvalue weighted by Gasteiger charge is -2.25. The zero-order valence-corrected chi connectivity index (χ0v) is 13.6. The third-order valence-corrected chi connectivity index (χ3v) is 4.31. The minimum Gasteiger partial charge on any atom is -0.497 e. The number of benzene rings is 1. The average Bonchev–Trinajstić information content (AvgIpc) is 3.20. The number of H-pyrrole nitrogens is 1. The van der Waals surface area contributed by atoms with Gasteiger partial charge in [0.05, 0.1) is 19.1 Å². The van der Waals surface area contributed by atoms with Crippen molar-refractivity contribution in [3.8, 4) is 11.5 Å². The number of hydrogen-bond acceptors (Lipinski definition) is 7. The largest absolute Gasteiger partial charge is 0.497 e. The second kappa shape index (κ2) is 6.42. The topological polar surface area (TPSA) is 115 Å². The summed E-state index contributed by atoms with van der Waals surface area (Å²) in [6.07, 6.45) is 3.51. The molecule has 1 aromatic carbocycles. The number of fused-ring (bicyclic) bond motifs is 1. The number of amides is 1. The third-order valence-electron chi connectivity index (χ3n) is 4.31. The normalized spacial score (nSPS) is 14.3. The van der Waals surface area contributed by atoms with Crippen molar-refractivity contribution in [3.63, 3.8) is 0 Å². The Labute approximate surface area is 142 Å². The van der Waals surface area contributed by atoms with Gasteiger partial charge in [0.25, 0.3) is 11.9 Å². The SMILES string of the molecule is COc1ccc2oc(C(=O)Nc3nn[nH]n3)c(OCC3CCC3)c2c1. The van der Waals surface area contributed by atoms with Gasteiger partial charge in [0.2, 0.25) is 5.76 Å². The second-order valence-corrected chi connectivity index (χ2v) is 5.92. The maximum Gasteiger partial charge on any atom is 0.297 e. The predicted molar refractivity (Wildman–Crippen MR) is 87.7 cm³/mol. The van der Waals surface area contributed by atoms with E-state index in [4.69, 9.17) is 13.9 Å². The second-order valence-electron chi connectivity index (χ2n) is 5.92. The number of ether oxygens (including phenoxy) is 2. The number of methoxy groups -OCH3 is 1. The Morgan fingerprint density at radius 3 is 3.00 bits per heavy atom. The van der Waals surface area contributed by atoms with Crippen LogP contribution in [-0.2, 0) is 0 Å². The van der Waals surface area contributed by atoms with Gasteiger partial charge in [-0.2, -0.15) is 5.21 Å². The number of anilines is 1. The molecule has 2 heterocycles. The van der Waals surface area contributed by atoms with E-state index < -0.39 is 5.91 Å². The van der Waals surface area contributed by atoms with Gasteiger partial charge in [-0.15, -0.1) is 5.10 Å². The number of carbonyl (C=O) groups excluding carboxylic acids is 1. The Kier molecular flexibility index (Phi) is 3.96. The first-order valence-corrected chi connectivity index (χ1v) is 8.02. The highest BCUT2D eigenvalue weighted by atomic mass is 16.5. The lowest BCUT2D eigenvalue weighted by atomic mass is 9.86. The first-order chi connectivity index (χ1) is 12.2. The van der Waals surface area contributed by atoms with Crippen molar-refractivity contribution in [2.75, 3.05) is 19.0 Å². The molecule has 1 saturated carbocycles. The molecule has 0 aliphatic heterocycles. The fourth-order valence-corrected chi connectivity index (χ4v) is 2.71. The van der Waals surface area contributed by atoms with Crippen LogP contribution in [0.4, 0.5) is 5.95 Å². The van der Waals surface area contributed by atoms with Crippen molar-refractivity contribution < 1.29 is 18.7 Å². The minimum atomic E-state index is -0.500. The van der Waals surface area contributed by atoms with Crippen LogP contribution in [0.5, 0.6) is 11.5 Å². The van der Waals surface area contributed by atoms with Gasteiger partial charge in [0.1, 0.15) is 11.3 Å². The van der Waals surface area contributed by atoms with E-state index in [2.05, 4.69) is 25.9 Å². The van der Waals surface area contributed by atoms with Crippen molar-refractivity contribution >= 4 is 22.8 Å². The van der Waals surface area contributed by atoms with E-state index in [1.54, 1.807) is 25.3 Å². The van der Waals surface area contributed by atoms with Crippen molar-refractivity contribution in [3.05, 3.63) is 24.0 Å². The van der Waals surface area contributed by atoms with Crippen molar-refractivity contribution in [2.45, 2.75) is 19.3 Å². The van der Waals surface area contributed by atoms with E-state index in [0.717, 1.165) is 12.8 Å². The molecule has 0 spiro atoms. The number of furan rings is 1. The smallest absolute Gasteiger partial charge is 0.297 e. The molecule has 130 valence electrons. The van der Waals surface area contributed by atoms with E-state index in [1.165, 1.54) is 6.42 Å². The zero-order valence-electron chi connectivity index (χ0n) is 13.6. The number of carbonyl (C=O) groups is 1. The van der Waals surface area contributed by atoms with E-state index in [0.29, 0.717) is 35.0 Å². The number of aromatic nitrogens is 4. The first kappa shape index (κ1) is 15.4. The molecule has 1 aliphatic carbocycles. The number of nitrogens with one attached hydrogen (secondary N) is 2.